The Morgan fingerprint density at radius 2 is 1.93 bits per heavy atom. The number of amides is 1. The molecule has 8 nitrogen and oxygen atoms in total. The normalized spacial score (nSPS) is 27.9. The Morgan fingerprint density at radius 1 is 1.20 bits per heavy atom. The maximum Gasteiger partial charge on any atom is 0.241 e. The number of fused-ring (bicyclic) bond motifs is 1. The van der Waals surface area contributed by atoms with Crippen LogP contribution in [0.5, 0.6) is 0 Å². The van der Waals surface area contributed by atoms with Crippen molar-refractivity contribution in [3.63, 3.8) is 0 Å². The zero-order valence-electron chi connectivity index (χ0n) is 24.0. The molecule has 0 radical (unpaired) electrons. The fourth-order valence-corrected chi connectivity index (χ4v) is 6.33. The van der Waals surface area contributed by atoms with Crippen LogP contribution in [0.3, 0.4) is 0 Å². The SMILES string of the molecule is C[C@@H]1CN(CC(=O)N2CC(C)(C)c3ncc([C@H](O)c4ccc(F)cc4F)cc32)[C@@H](CN2[C@H](C)COC[C@H]2C)CN1. The molecule has 2 N–H and O–H groups in total. The van der Waals surface area contributed by atoms with E-state index in [1.807, 2.05) is 13.8 Å². The van der Waals surface area contributed by atoms with Crippen LogP contribution in [0.15, 0.2) is 30.5 Å². The molecule has 1 amide bonds. The van der Waals surface area contributed by atoms with E-state index in [1.54, 1.807) is 11.0 Å². The van der Waals surface area contributed by atoms with Gasteiger partial charge in [0.2, 0.25) is 5.91 Å². The van der Waals surface area contributed by atoms with Crippen LogP contribution in [0.1, 0.15) is 57.5 Å². The fourth-order valence-electron chi connectivity index (χ4n) is 6.33. The van der Waals surface area contributed by atoms with Crippen molar-refractivity contribution in [1.29, 1.82) is 0 Å². The summed E-state index contributed by atoms with van der Waals surface area (Å²) >= 11 is 0. The summed E-state index contributed by atoms with van der Waals surface area (Å²) in [5.41, 5.74) is 1.32. The molecule has 3 aliphatic heterocycles. The number of halogens is 2. The quantitative estimate of drug-likeness (QED) is 0.566. The van der Waals surface area contributed by atoms with Gasteiger partial charge >= 0.3 is 0 Å². The Kier molecular flexibility index (Phi) is 8.27. The Bertz CT molecular complexity index is 1230. The van der Waals surface area contributed by atoms with Crippen molar-refractivity contribution in [2.24, 2.45) is 0 Å². The van der Waals surface area contributed by atoms with E-state index in [0.29, 0.717) is 43.1 Å². The number of hydrogen-bond acceptors (Lipinski definition) is 7. The summed E-state index contributed by atoms with van der Waals surface area (Å²) in [6, 6.07) is 5.88. The third-order valence-electron chi connectivity index (χ3n) is 8.58. The number of carbonyl (C=O) groups excluding carboxylic acids is 1. The van der Waals surface area contributed by atoms with Gasteiger partial charge in [0.15, 0.2) is 0 Å². The highest BCUT2D eigenvalue weighted by Gasteiger charge is 2.41. The summed E-state index contributed by atoms with van der Waals surface area (Å²) in [5.74, 6) is -1.57. The zero-order valence-corrected chi connectivity index (χ0v) is 24.0. The maximum atomic E-state index is 14.4. The largest absolute Gasteiger partial charge is 0.383 e. The van der Waals surface area contributed by atoms with E-state index in [-0.39, 0.29) is 35.5 Å². The minimum atomic E-state index is -1.34. The third-order valence-corrected chi connectivity index (χ3v) is 8.58. The number of nitrogens with one attached hydrogen (secondary N) is 1. The number of aromatic nitrogens is 1. The molecule has 4 heterocycles. The monoisotopic (exact) mass is 557 g/mol. The highest BCUT2D eigenvalue weighted by molar-refractivity contribution is 5.97. The fraction of sp³-hybridized carbons (Fsp3) is 0.600. The lowest BCUT2D eigenvalue weighted by Crippen LogP contribution is -2.63. The second-order valence-electron chi connectivity index (χ2n) is 12.4. The van der Waals surface area contributed by atoms with Gasteiger partial charge in [0.05, 0.1) is 31.1 Å². The number of carbonyl (C=O) groups is 1. The number of benzene rings is 1. The molecule has 218 valence electrons. The number of morpholine rings is 1. The van der Waals surface area contributed by atoms with E-state index in [2.05, 4.69) is 40.9 Å². The second-order valence-corrected chi connectivity index (χ2v) is 12.4. The van der Waals surface area contributed by atoms with Gasteiger partial charge in [-0.2, -0.15) is 0 Å². The lowest BCUT2D eigenvalue weighted by molar-refractivity contribution is -0.121. The lowest BCUT2D eigenvalue weighted by atomic mass is 9.90. The van der Waals surface area contributed by atoms with Gasteiger partial charge in [0.1, 0.15) is 17.7 Å². The molecule has 0 unspecified atom stereocenters. The zero-order chi connectivity index (χ0) is 28.8. The highest BCUT2D eigenvalue weighted by atomic mass is 19.1. The molecule has 2 aromatic rings. The van der Waals surface area contributed by atoms with Crippen molar-refractivity contribution >= 4 is 11.6 Å². The Labute approximate surface area is 235 Å². The summed E-state index contributed by atoms with van der Waals surface area (Å²) in [6.07, 6.45) is 0.177. The predicted molar refractivity (Wildman–Crippen MR) is 149 cm³/mol. The molecule has 0 saturated carbocycles. The first-order chi connectivity index (χ1) is 18.9. The number of anilines is 1. The first kappa shape index (κ1) is 29.0. The minimum Gasteiger partial charge on any atom is -0.383 e. The molecule has 5 rings (SSSR count). The molecule has 1 aromatic heterocycles. The Hall–Kier alpha value is -2.50. The van der Waals surface area contributed by atoms with Crippen LogP contribution >= 0.6 is 0 Å². The van der Waals surface area contributed by atoms with Crippen molar-refractivity contribution in [2.45, 2.75) is 70.3 Å². The number of hydrogen-bond donors (Lipinski definition) is 2. The number of ether oxygens (including phenoxy) is 1. The van der Waals surface area contributed by atoms with E-state index in [4.69, 9.17) is 4.74 Å². The molecule has 0 aliphatic carbocycles. The van der Waals surface area contributed by atoms with Gasteiger partial charge in [-0.15, -0.1) is 0 Å². The van der Waals surface area contributed by atoms with Crippen LogP contribution in [0.4, 0.5) is 14.5 Å². The molecule has 2 saturated heterocycles. The lowest BCUT2D eigenvalue weighted by Gasteiger charge is -2.46. The van der Waals surface area contributed by atoms with Crippen LogP contribution in [0, 0.1) is 11.6 Å². The van der Waals surface area contributed by atoms with E-state index in [0.717, 1.165) is 37.5 Å². The summed E-state index contributed by atoms with van der Waals surface area (Å²) in [5, 5.41) is 14.5. The summed E-state index contributed by atoms with van der Waals surface area (Å²) in [7, 11) is 0. The van der Waals surface area contributed by atoms with Gasteiger partial charge in [0.25, 0.3) is 0 Å². The van der Waals surface area contributed by atoms with Crippen molar-refractivity contribution in [3.8, 4) is 0 Å². The number of aliphatic hydroxyl groups is 1. The van der Waals surface area contributed by atoms with Crippen molar-refractivity contribution in [2.75, 3.05) is 50.8 Å². The summed E-state index contributed by atoms with van der Waals surface area (Å²) < 4.78 is 33.6. The van der Waals surface area contributed by atoms with Gasteiger partial charge in [-0.05, 0) is 32.9 Å². The maximum absolute atomic E-state index is 14.4. The average Bonchev–Trinajstić information content (AvgIpc) is 3.17. The second kappa shape index (κ2) is 11.4. The van der Waals surface area contributed by atoms with Crippen molar-refractivity contribution in [1.82, 2.24) is 20.1 Å². The van der Waals surface area contributed by atoms with Gasteiger partial charge in [-0.3, -0.25) is 19.6 Å². The van der Waals surface area contributed by atoms with Crippen LogP contribution in [-0.2, 0) is 14.9 Å². The standard InChI is InChI=1S/C30H41F2N5O3/c1-18-12-35(23(11-33-18)13-36-19(2)15-40-16-20(36)3)14-27(38)37-17-30(4,5)29-26(37)8-21(10-34-29)28(39)24-7-6-22(31)9-25(24)32/h6-10,18-20,23,28,33,39H,11-17H2,1-5H3/t18-,19-,20-,23-,28+/m1/s1. The number of pyridine rings is 1. The van der Waals surface area contributed by atoms with Crippen LogP contribution < -0.4 is 10.2 Å². The number of nitrogens with zero attached hydrogens (tertiary/aromatic N) is 4. The first-order valence-electron chi connectivity index (χ1n) is 14.2. The minimum absolute atomic E-state index is 0.0320. The number of rotatable bonds is 6. The molecule has 5 atom stereocenters. The highest BCUT2D eigenvalue weighted by Crippen LogP contribution is 2.41. The molecule has 1 aromatic carbocycles. The number of piperazine rings is 1. The van der Waals surface area contributed by atoms with E-state index >= 15 is 0 Å². The van der Waals surface area contributed by atoms with Crippen LogP contribution in [-0.4, -0.2) is 95.9 Å². The van der Waals surface area contributed by atoms with Gasteiger partial charge in [-0.25, -0.2) is 8.78 Å². The molecule has 10 heteroatoms. The molecular weight excluding hydrogens is 516 g/mol. The molecule has 0 bridgehead atoms. The average molecular weight is 558 g/mol. The summed E-state index contributed by atoms with van der Waals surface area (Å²) in [4.78, 5) is 25.0. The van der Waals surface area contributed by atoms with Crippen molar-refractivity contribution < 1.29 is 23.4 Å². The van der Waals surface area contributed by atoms with Crippen LogP contribution in [0.25, 0.3) is 0 Å². The molecular formula is C30H41F2N5O3. The first-order valence-corrected chi connectivity index (χ1v) is 14.2. The Balaban J connectivity index is 1.37. The molecule has 2 fully saturated rings. The molecule has 3 aliphatic rings. The van der Waals surface area contributed by atoms with Crippen LogP contribution in [0.2, 0.25) is 0 Å². The molecule has 0 spiro atoms. The van der Waals surface area contributed by atoms with E-state index in [9.17, 15) is 18.7 Å². The number of aliphatic hydroxyl groups excluding tert-OH is 1. The third kappa shape index (κ3) is 5.78. The predicted octanol–water partition coefficient (Wildman–Crippen LogP) is 2.84. The van der Waals surface area contributed by atoms with E-state index < -0.39 is 17.7 Å². The van der Waals surface area contributed by atoms with Gasteiger partial charge in [-0.1, -0.05) is 19.9 Å². The summed E-state index contributed by atoms with van der Waals surface area (Å²) in [6.45, 7) is 15.1. The Morgan fingerprint density at radius 3 is 2.62 bits per heavy atom. The van der Waals surface area contributed by atoms with E-state index in [1.165, 1.54) is 12.3 Å². The van der Waals surface area contributed by atoms with Gasteiger partial charge < -0.3 is 20.1 Å². The topological polar surface area (TPSA) is 81.2 Å². The smallest absolute Gasteiger partial charge is 0.241 e. The molecule has 40 heavy (non-hydrogen) atoms. The van der Waals surface area contributed by atoms with Crippen molar-refractivity contribution in [3.05, 3.63) is 58.9 Å². The van der Waals surface area contributed by atoms with Gasteiger partial charge in [0, 0.05) is 79.2 Å².